The number of hydrogen-bond acceptors (Lipinski definition) is 5. The quantitative estimate of drug-likeness (QED) is 0.397. The van der Waals surface area contributed by atoms with Crippen molar-refractivity contribution in [2.45, 2.75) is 6.54 Å². The molecule has 164 valence electrons. The van der Waals surface area contributed by atoms with E-state index in [9.17, 15) is 4.39 Å². The van der Waals surface area contributed by atoms with Crippen molar-refractivity contribution >= 4 is 33.5 Å². The maximum absolute atomic E-state index is 14.5. The van der Waals surface area contributed by atoms with Gasteiger partial charge < -0.3 is 0 Å². The van der Waals surface area contributed by atoms with E-state index in [4.69, 9.17) is 16.9 Å². The van der Waals surface area contributed by atoms with Gasteiger partial charge in [-0.2, -0.15) is 15.5 Å². The highest BCUT2D eigenvalue weighted by atomic mass is 35.5. The molecule has 3 aromatic heterocycles. The van der Waals surface area contributed by atoms with Gasteiger partial charge in [0.2, 0.25) is 0 Å². The van der Waals surface area contributed by atoms with Crippen molar-refractivity contribution in [3.8, 4) is 23.0 Å². The molecule has 6 rings (SSSR count). The number of benzene rings is 3. The molecule has 0 unspecified atom stereocenters. The van der Waals surface area contributed by atoms with Gasteiger partial charge in [0.1, 0.15) is 11.3 Å². The van der Waals surface area contributed by atoms with E-state index in [1.807, 2.05) is 36.4 Å². The summed E-state index contributed by atoms with van der Waals surface area (Å²) in [5.74, 6) is -0.460. The van der Waals surface area contributed by atoms with Gasteiger partial charge in [-0.05, 0) is 48.5 Å². The summed E-state index contributed by atoms with van der Waals surface area (Å²) in [6.45, 7) is 0.183. The summed E-state index contributed by atoms with van der Waals surface area (Å²) in [7, 11) is 0. The van der Waals surface area contributed by atoms with E-state index < -0.39 is 5.82 Å². The van der Waals surface area contributed by atoms with E-state index in [1.54, 1.807) is 40.0 Å². The number of rotatable bonds is 4. The second-order valence-corrected chi connectivity index (χ2v) is 8.16. The third-order valence-electron chi connectivity index (χ3n) is 5.70. The molecule has 3 aromatic carbocycles. The van der Waals surface area contributed by atoms with Crippen molar-refractivity contribution in [2.75, 3.05) is 0 Å². The molecule has 0 radical (unpaired) electrons. The second kappa shape index (κ2) is 7.79. The highest BCUT2D eigenvalue weighted by molar-refractivity contribution is 6.34. The molecule has 0 aliphatic rings. The van der Waals surface area contributed by atoms with Crippen LogP contribution in [0.2, 0.25) is 5.02 Å². The number of aromatic nitrogens is 7. The lowest BCUT2D eigenvalue weighted by molar-refractivity contribution is 0.586. The fraction of sp³-hybridized carbons (Fsp3) is 0.0417. The highest BCUT2D eigenvalue weighted by Gasteiger charge is 2.16. The Morgan fingerprint density at radius 2 is 2.00 bits per heavy atom. The first-order valence-electron chi connectivity index (χ1n) is 10.3. The first-order chi connectivity index (χ1) is 16.6. The van der Waals surface area contributed by atoms with E-state index in [-0.39, 0.29) is 12.1 Å². The van der Waals surface area contributed by atoms with Gasteiger partial charge in [-0.3, -0.25) is 9.78 Å². The van der Waals surface area contributed by atoms with E-state index >= 15 is 0 Å². The summed E-state index contributed by atoms with van der Waals surface area (Å²) in [6.07, 6.45) is 3.40. The second-order valence-electron chi connectivity index (χ2n) is 7.76. The standard InChI is InChI=1S/C24H14ClFN8/c25-19-10-22-24(34(32-31-22)17-4-3-15-12-28-30-21(15)8-17)9-18(19)23-5-6-29-33(23)13-16-2-1-14(11-27)7-20(16)26/h1-10,12H,13H2,(H,28,30). The first kappa shape index (κ1) is 20.1. The van der Waals surface area contributed by atoms with Gasteiger partial charge in [0.15, 0.2) is 0 Å². The summed E-state index contributed by atoms with van der Waals surface area (Å²) in [6, 6.07) is 17.7. The lowest BCUT2D eigenvalue weighted by Crippen LogP contribution is -2.06. The Morgan fingerprint density at radius 1 is 1.09 bits per heavy atom. The Labute approximate surface area is 196 Å². The van der Waals surface area contributed by atoms with E-state index in [2.05, 4.69) is 25.6 Å². The number of halogens is 2. The maximum Gasteiger partial charge on any atom is 0.129 e. The normalized spacial score (nSPS) is 11.3. The van der Waals surface area contributed by atoms with Crippen molar-refractivity contribution < 1.29 is 4.39 Å². The third-order valence-corrected chi connectivity index (χ3v) is 6.01. The van der Waals surface area contributed by atoms with E-state index in [1.165, 1.54) is 6.07 Å². The minimum atomic E-state index is -0.460. The molecule has 0 bridgehead atoms. The van der Waals surface area contributed by atoms with Crippen molar-refractivity contribution in [2.24, 2.45) is 0 Å². The molecular formula is C24H14ClFN8. The van der Waals surface area contributed by atoms with Gasteiger partial charge in [0.25, 0.3) is 0 Å². The van der Waals surface area contributed by atoms with Gasteiger partial charge >= 0.3 is 0 Å². The zero-order chi connectivity index (χ0) is 23.2. The number of hydrogen-bond donors (Lipinski definition) is 1. The van der Waals surface area contributed by atoms with E-state index in [0.717, 1.165) is 22.1 Å². The number of fused-ring (bicyclic) bond motifs is 2. The molecule has 0 saturated carbocycles. The Morgan fingerprint density at radius 3 is 2.85 bits per heavy atom. The first-order valence-corrected chi connectivity index (χ1v) is 10.7. The smallest absolute Gasteiger partial charge is 0.129 e. The Balaban J connectivity index is 1.44. The van der Waals surface area contributed by atoms with Crippen LogP contribution >= 0.6 is 11.6 Å². The average molecular weight is 469 g/mol. The molecule has 8 nitrogen and oxygen atoms in total. The van der Waals surface area contributed by atoms with Crippen LogP contribution in [0.3, 0.4) is 0 Å². The van der Waals surface area contributed by atoms with Gasteiger partial charge in [-0.25, -0.2) is 9.07 Å². The molecule has 34 heavy (non-hydrogen) atoms. The van der Waals surface area contributed by atoms with E-state index in [0.29, 0.717) is 27.4 Å². The minimum absolute atomic E-state index is 0.183. The number of aromatic amines is 1. The number of H-pyrrole nitrogens is 1. The van der Waals surface area contributed by atoms with Crippen LogP contribution < -0.4 is 0 Å². The molecular weight excluding hydrogens is 455 g/mol. The molecule has 10 heteroatoms. The molecule has 0 atom stereocenters. The van der Waals surface area contributed by atoms with Crippen LogP contribution in [0.5, 0.6) is 0 Å². The number of nitrogens with one attached hydrogen (secondary N) is 1. The number of nitriles is 1. The molecule has 0 fully saturated rings. The number of nitrogens with zero attached hydrogens (tertiary/aromatic N) is 7. The van der Waals surface area contributed by atoms with Gasteiger partial charge in [0, 0.05) is 22.7 Å². The highest BCUT2D eigenvalue weighted by Crippen LogP contribution is 2.33. The zero-order valence-electron chi connectivity index (χ0n) is 17.4. The molecule has 6 aromatic rings. The fourth-order valence-corrected chi connectivity index (χ4v) is 4.23. The molecule has 3 heterocycles. The SMILES string of the molecule is N#Cc1ccc(Cn2nccc2-c2cc3c(cc2Cl)nnn3-c2ccc3cn[nH]c3c2)c(F)c1. The topological polar surface area (TPSA) is 101 Å². The third kappa shape index (κ3) is 3.29. The van der Waals surface area contributed by atoms with Gasteiger partial charge in [0.05, 0.1) is 51.8 Å². The summed E-state index contributed by atoms with van der Waals surface area (Å²) in [5.41, 5.74) is 5.22. The van der Waals surface area contributed by atoms with Crippen LogP contribution in [0.25, 0.3) is 38.9 Å². The Kier molecular flexibility index (Phi) is 4.60. The van der Waals surface area contributed by atoms with Crippen molar-refractivity contribution in [3.05, 3.63) is 89.0 Å². The molecule has 0 aliphatic carbocycles. The molecule has 0 saturated heterocycles. The molecule has 0 aliphatic heterocycles. The van der Waals surface area contributed by atoms with Crippen LogP contribution in [0.1, 0.15) is 11.1 Å². The Hall–Kier alpha value is -4.55. The molecule has 0 spiro atoms. The summed E-state index contributed by atoms with van der Waals surface area (Å²) < 4.78 is 17.9. The maximum atomic E-state index is 14.5. The van der Waals surface area contributed by atoms with Crippen molar-refractivity contribution in [3.63, 3.8) is 0 Å². The Bertz CT molecular complexity index is 1740. The summed E-state index contributed by atoms with van der Waals surface area (Å²) >= 11 is 6.62. The molecule has 1 N–H and O–H groups in total. The average Bonchev–Trinajstić information content (AvgIpc) is 3.58. The minimum Gasteiger partial charge on any atom is -0.278 e. The largest absolute Gasteiger partial charge is 0.278 e. The zero-order valence-corrected chi connectivity index (χ0v) is 18.2. The predicted molar refractivity (Wildman–Crippen MR) is 125 cm³/mol. The van der Waals surface area contributed by atoms with Crippen LogP contribution in [-0.4, -0.2) is 35.0 Å². The van der Waals surface area contributed by atoms with Crippen LogP contribution in [0.15, 0.2) is 67.0 Å². The lowest BCUT2D eigenvalue weighted by Gasteiger charge is -2.11. The van der Waals surface area contributed by atoms with Crippen LogP contribution in [0, 0.1) is 17.1 Å². The molecule has 0 amide bonds. The predicted octanol–water partition coefficient (Wildman–Crippen LogP) is 4.87. The van der Waals surface area contributed by atoms with Crippen LogP contribution in [-0.2, 0) is 6.54 Å². The van der Waals surface area contributed by atoms with Crippen LogP contribution in [0.4, 0.5) is 4.39 Å². The summed E-state index contributed by atoms with van der Waals surface area (Å²) in [5, 5.41) is 30.4. The van der Waals surface area contributed by atoms with Gasteiger partial charge in [-0.15, -0.1) is 5.10 Å². The fourth-order valence-electron chi connectivity index (χ4n) is 3.98. The summed E-state index contributed by atoms with van der Waals surface area (Å²) in [4.78, 5) is 0. The van der Waals surface area contributed by atoms with Crippen molar-refractivity contribution in [1.82, 2.24) is 35.0 Å². The van der Waals surface area contributed by atoms with Gasteiger partial charge in [-0.1, -0.05) is 22.9 Å². The monoisotopic (exact) mass is 468 g/mol. The van der Waals surface area contributed by atoms with Crippen molar-refractivity contribution in [1.29, 1.82) is 5.26 Å². The lowest BCUT2D eigenvalue weighted by atomic mass is 10.1.